The van der Waals surface area contributed by atoms with Crippen molar-refractivity contribution in [3.63, 3.8) is 0 Å². The molecular weight excluding hydrogens is 400 g/mol. The summed E-state index contributed by atoms with van der Waals surface area (Å²) in [7, 11) is 1.92. The van der Waals surface area contributed by atoms with Gasteiger partial charge >= 0.3 is 6.09 Å². The van der Waals surface area contributed by atoms with Crippen LogP contribution < -0.4 is 20.1 Å². The number of hydrogen-bond donors (Lipinski definition) is 2. The fraction of sp³-hybridized carbons (Fsp3) is 0.318. The highest BCUT2D eigenvalue weighted by atomic mass is 16.6. The molecule has 2 aromatic carbocycles. The summed E-state index contributed by atoms with van der Waals surface area (Å²) in [5.74, 6) is 1.79. The fourth-order valence-corrected chi connectivity index (χ4v) is 3.40. The van der Waals surface area contributed by atoms with Crippen molar-refractivity contribution in [1.82, 2.24) is 14.9 Å². The van der Waals surface area contributed by atoms with Crippen molar-refractivity contribution in [3.05, 3.63) is 48.3 Å². The minimum Gasteiger partial charge on any atom is -0.485 e. The smallest absolute Gasteiger partial charge is 0.411 e. The number of ether oxygens (including phenoxy) is 3. The number of carbonyl (C=O) groups excluding carboxylic acids is 2. The molecular formula is C22H24N4O5. The maximum absolute atomic E-state index is 12.5. The van der Waals surface area contributed by atoms with E-state index in [-0.39, 0.29) is 12.5 Å². The zero-order valence-corrected chi connectivity index (χ0v) is 17.4. The van der Waals surface area contributed by atoms with Crippen molar-refractivity contribution in [2.45, 2.75) is 19.4 Å². The summed E-state index contributed by atoms with van der Waals surface area (Å²) in [4.78, 5) is 28.7. The Morgan fingerprint density at radius 3 is 2.84 bits per heavy atom. The SMILES string of the molecule is CCOC(=O)Nc1ccc2c(c1)nc(CCNC(=O)[C@@H]1COc3ccccc3O1)n2C. The zero-order chi connectivity index (χ0) is 21.8. The Balaban J connectivity index is 1.35. The number of hydrogen-bond acceptors (Lipinski definition) is 6. The predicted octanol–water partition coefficient (Wildman–Crippen LogP) is 2.64. The van der Waals surface area contributed by atoms with Gasteiger partial charge in [-0.25, -0.2) is 9.78 Å². The standard InChI is InChI=1S/C22H24N4O5/c1-3-29-22(28)24-14-8-9-16-15(12-14)25-20(26(16)2)10-11-23-21(27)19-13-30-17-6-4-5-7-18(17)31-19/h4-9,12,19H,3,10-11,13H2,1-2H3,(H,23,27)(H,24,28)/t19-/m0/s1. The highest BCUT2D eigenvalue weighted by Gasteiger charge is 2.27. The lowest BCUT2D eigenvalue weighted by molar-refractivity contribution is -0.130. The van der Waals surface area contributed by atoms with E-state index in [2.05, 4.69) is 15.6 Å². The second-order valence-electron chi connectivity index (χ2n) is 7.04. The Bertz CT molecular complexity index is 1110. The molecule has 2 amide bonds. The zero-order valence-electron chi connectivity index (χ0n) is 17.4. The summed E-state index contributed by atoms with van der Waals surface area (Å²) in [5.41, 5.74) is 2.29. The van der Waals surface area contributed by atoms with Crippen LogP contribution in [0.25, 0.3) is 11.0 Å². The van der Waals surface area contributed by atoms with E-state index < -0.39 is 12.2 Å². The third-order valence-electron chi connectivity index (χ3n) is 4.94. The lowest BCUT2D eigenvalue weighted by Crippen LogP contribution is -2.44. The van der Waals surface area contributed by atoms with Gasteiger partial charge in [0.05, 0.1) is 17.6 Å². The highest BCUT2D eigenvalue weighted by Crippen LogP contribution is 2.30. The molecule has 1 aromatic heterocycles. The summed E-state index contributed by atoms with van der Waals surface area (Å²) < 4.78 is 18.2. The summed E-state index contributed by atoms with van der Waals surface area (Å²) in [6, 6.07) is 12.7. The van der Waals surface area contributed by atoms with E-state index in [4.69, 9.17) is 14.2 Å². The quantitative estimate of drug-likeness (QED) is 0.631. The Morgan fingerprint density at radius 1 is 1.23 bits per heavy atom. The molecule has 3 aromatic rings. The van der Waals surface area contributed by atoms with E-state index in [0.29, 0.717) is 36.8 Å². The molecule has 0 bridgehead atoms. The highest BCUT2D eigenvalue weighted by molar-refractivity contribution is 5.89. The first-order valence-corrected chi connectivity index (χ1v) is 10.1. The van der Waals surface area contributed by atoms with Crippen LogP contribution in [0.3, 0.4) is 0 Å². The van der Waals surface area contributed by atoms with Gasteiger partial charge in [-0.2, -0.15) is 0 Å². The van der Waals surface area contributed by atoms with Gasteiger partial charge in [-0.05, 0) is 37.3 Å². The van der Waals surface area contributed by atoms with Crippen LogP contribution in [0, 0.1) is 0 Å². The van der Waals surface area contributed by atoms with Crippen LogP contribution in [0.5, 0.6) is 11.5 Å². The van der Waals surface area contributed by atoms with E-state index >= 15 is 0 Å². The summed E-state index contributed by atoms with van der Waals surface area (Å²) >= 11 is 0. The van der Waals surface area contributed by atoms with Gasteiger partial charge in [-0.15, -0.1) is 0 Å². The van der Waals surface area contributed by atoms with Gasteiger partial charge in [-0.3, -0.25) is 10.1 Å². The van der Waals surface area contributed by atoms with Crippen LogP contribution in [0.4, 0.5) is 10.5 Å². The molecule has 4 rings (SSSR count). The number of para-hydroxylation sites is 2. The predicted molar refractivity (Wildman–Crippen MR) is 114 cm³/mol. The molecule has 1 aliphatic heterocycles. The molecule has 1 atom stereocenters. The van der Waals surface area contributed by atoms with E-state index in [9.17, 15) is 9.59 Å². The van der Waals surface area contributed by atoms with Gasteiger partial charge in [-0.1, -0.05) is 12.1 Å². The number of nitrogens with zero attached hydrogens (tertiary/aromatic N) is 2. The van der Waals surface area contributed by atoms with Crippen LogP contribution in [0.15, 0.2) is 42.5 Å². The lowest BCUT2D eigenvalue weighted by atomic mass is 10.2. The molecule has 0 fully saturated rings. The molecule has 2 heterocycles. The van der Waals surface area contributed by atoms with Gasteiger partial charge in [0.1, 0.15) is 12.4 Å². The second kappa shape index (κ2) is 8.95. The van der Waals surface area contributed by atoms with Crippen molar-refractivity contribution in [2.24, 2.45) is 7.05 Å². The van der Waals surface area contributed by atoms with E-state index in [1.807, 2.05) is 35.9 Å². The molecule has 1 aliphatic rings. The number of aryl methyl sites for hydroxylation is 1. The Kier molecular flexibility index (Phi) is 5.92. The number of imidazole rings is 1. The van der Waals surface area contributed by atoms with Crippen molar-refractivity contribution >= 4 is 28.7 Å². The van der Waals surface area contributed by atoms with Gasteiger partial charge in [0.15, 0.2) is 11.5 Å². The molecule has 0 saturated carbocycles. The molecule has 2 N–H and O–H groups in total. The average Bonchev–Trinajstić information content (AvgIpc) is 3.08. The van der Waals surface area contributed by atoms with E-state index in [0.717, 1.165) is 16.9 Å². The molecule has 0 radical (unpaired) electrons. The normalized spacial score (nSPS) is 14.8. The monoisotopic (exact) mass is 424 g/mol. The number of nitrogens with one attached hydrogen (secondary N) is 2. The number of carbonyl (C=O) groups is 2. The van der Waals surface area contributed by atoms with Crippen LogP contribution in [-0.4, -0.2) is 47.4 Å². The topological polar surface area (TPSA) is 104 Å². The molecule has 0 spiro atoms. The number of anilines is 1. The van der Waals surface area contributed by atoms with Crippen LogP contribution in [0.2, 0.25) is 0 Å². The van der Waals surface area contributed by atoms with Gasteiger partial charge in [0.25, 0.3) is 5.91 Å². The molecule has 0 aliphatic carbocycles. The van der Waals surface area contributed by atoms with Crippen LogP contribution in [0.1, 0.15) is 12.7 Å². The Labute approximate surface area is 179 Å². The van der Waals surface area contributed by atoms with Crippen molar-refractivity contribution in [1.29, 1.82) is 0 Å². The van der Waals surface area contributed by atoms with Gasteiger partial charge in [0, 0.05) is 25.7 Å². The number of rotatable bonds is 6. The second-order valence-corrected chi connectivity index (χ2v) is 7.04. The Morgan fingerprint density at radius 2 is 2.03 bits per heavy atom. The summed E-state index contributed by atoms with van der Waals surface area (Å²) in [6.45, 7) is 2.63. The number of fused-ring (bicyclic) bond motifs is 2. The van der Waals surface area contributed by atoms with E-state index in [1.165, 1.54) is 0 Å². The minimum atomic E-state index is -0.688. The third kappa shape index (κ3) is 4.55. The average molecular weight is 424 g/mol. The maximum atomic E-state index is 12.5. The summed E-state index contributed by atoms with van der Waals surface area (Å²) in [6.07, 6.45) is -0.647. The van der Waals surface area contributed by atoms with Crippen molar-refractivity contribution in [2.75, 3.05) is 25.1 Å². The molecule has 9 heteroatoms. The van der Waals surface area contributed by atoms with Gasteiger partial charge in [0.2, 0.25) is 6.10 Å². The molecule has 9 nitrogen and oxygen atoms in total. The minimum absolute atomic E-state index is 0.172. The Hall–Kier alpha value is -3.75. The largest absolute Gasteiger partial charge is 0.485 e. The number of amides is 2. The van der Waals surface area contributed by atoms with E-state index in [1.54, 1.807) is 25.1 Å². The lowest BCUT2D eigenvalue weighted by Gasteiger charge is -2.25. The van der Waals surface area contributed by atoms with Crippen molar-refractivity contribution < 1.29 is 23.8 Å². The third-order valence-corrected chi connectivity index (χ3v) is 4.94. The maximum Gasteiger partial charge on any atom is 0.411 e. The first kappa shape index (κ1) is 20.5. The first-order valence-electron chi connectivity index (χ1n) is 10.1. The molecule has 0 unspecified atom stereocenters. The first-order chi connectivity index (χ1) is 15.0. The van der Waals surface area contributed by atoms with Gasteiger partial charge < -0.3 is 24.1 Å². The number of benzene rings is 2. The van der Waals surface area contributed by atoms with Crippen LogP contribution in [-0.2, 0) is 23.0 Å². The molecule has 0 saturated heterocycles. The summed E-state index contributed by atoms with van der Waals surface area (Å²) in [5, 5.41) is 5.56. The molecule has 31 heavy (non-hydrogen) atoms. The molecule has 162 valence electrons. The van der Waals surface area contributed by atoms with Crippen molar-refractivity contribution in [3.8, 4) is 11.5 Å². The fourth-order valence-electron chi connectivity index (χ4n) is 3.40. The number of aromatic nitrogens is 2. The van der Waals surface area contributed by atoms with Crippen LogP contribution >= 0.6 is 0 Å².